The van der Waals surface area contributed by atoms with Gasteiger partial charge in [0, 0.05) is 15.6 Å². The van der Waals surface area contributed by atoms with Crippen molar-refractivity contribution in [2.75, 3.05) is 6.61 Å². The van der Waals surface area contributed by atoms with Crippen LogP contribution in [0.1, 0.15) is 50.4 Å². The Morgan fingerprint density at radius 3 is 2.53 bits per heavy atom. The fourth-order valence-corrected chi connectivity index (χ4v) is 6.26. The summed E-state index contributed by atoms with van der Waals surface area (Å²) in [6, 6.07) is 19.4. The Morgan fingerprint density at radius 1 is 1.07 bits per heavy atom. The standard InChI is InChI=1S/C33H30Cl2N2O5S/c1-5-40-32(39)29-20(4)36-33-37(30(29)22-10-13-25(14-11-22)42-19(2)3)31(38)28(43-33)16-21-7-6-8-26(15-21)41-18-23-9-12-24(34)17-27(23)35/h6-17,19,30H,5,18H2,1-4H3/b28-16-/t30-/m0/s1. The van der Waals surface area contributed by atoms with Crippen LogP contribution < -0.4 is 24.4 Å². The first-order valence-electron chi connectivity index (χ1n) is 13.8. The lowest BCUT2D eigenvalue weighted by atomic mass is 9.96. The highest BCUT2D eigenvalue weighted by Crippen LogP contribution is 2.32. The maximum atomic E-state index is 13.9. The van der Waals surface area contributed by atoms with Gasteiger partial charge in [0.1, 0.15) is 18.1 Å². The molecule has 0 saturated carbocycles. The second-order valence-corrected chi connectivity index (χ2v) is 12.0. The van der Waals surface area contributed by atoms with Crippen LogP contribution in [0.2, 0.25) is 10.0 Å². The molecule has 0 amide bonds. The van der Waals surface area contributed by atoms with E-state index in [9.17, 15) is 9.59 Å². The summed E-state index contributed by atoms with van der Waals surface area (Å²) in [6.45, 7) is 7.88. The molecule has 0 N–H and O–H groups in total. The van der Waals surface area contributed by atoms with Crippen LogP contribution in [0.3, 0.4) is 0 Å². The molecular formula is C33H30Cl2N2O5S. The third-order valence-electron chi connectivity index (χ3n) is 6.65. The number of aromatic nitrogens is 1. The minimum Gasteiger partial charge on any atom is -0.491 e. The molecule has 0 saturated heterocycles. The number of rotatable bonds is 9. The number of thiazole rings is 1. The minimum absolute atomic E-state index is 0.0138. The van der Waals surface area contributed by atoms with E-state index in [0.717, 1.165) is 16.7 Å². The Bertz CT molecular complexity index is 1880. The Balaban J connectivity index is 1.52. The molecule has 7 nitrogen and oxygen atoms in total. The van der Waals surface area contributed by atoms with Crippen LogP contribution >= 0.6 is 34.5 Å². The average molecular weight is 638 g/mol. The minimum atomic E-state index is -0.704. The number of carbonyl (C=O) groups excluding carboxylic acids is 1. The van der Waals surface area contributed by atoms with E-state index in [2.05, 4.69) is 4.99 Å². The predicted octanol–water partition coefficient (Wildman–Crippen LogP) is 6.47. The van der Waals surface area contributed by atoms with Gasteiger partial charge in [0.15, 0.2) is 4.80 Å². The van der Waals surface area contributed by atoms with Crippen molar-refractivity contribution in [2.45, 2.75) is 46.4 Å². The number of hydrogen-bond acceptors (Lipinski definition) is 7. The van der Waals surface area contributed by atoms with Crippen LogP contribution in [0.4, 0.5) is 0 Å². The Kier molecular flexibility index (Phi) is 9.40. The molecule has 4 aromatic rings. The third kappa shape index (κ3) is 6.88. The van der Waals surface area contributed by atoms with Gasteiger partial charge in [0.2, 0.25) is 0 Å². The van der Waals surface area contributed by atoms with Crippen LogP contribution in [-0.2, 0) is 16.1 Å². The van der Waals surface area contributed by atoms with Crippen molar-refractivity contribution in [1.82, 2.24) is 4.57 Å². The molecule has 1 aliphatic rings. The van der Waals surface area contributed by atoms with E-state index in [1.165, 1.54) is 11.3 Å². The second kappa shape index (κ2) is 13.2. The number of fused-ring (bicyclic) bond motifs is 1. The lowest BCUT2D eigenvalue weighted by Gasteiger charge is -2.25. The first-order chi connectivity index (χ1) is 20.6. The van der Waals surface area contributed by atoms with E-state index in [4.69, 9.17) is 37.4 Å². The highest BCUT2D eigenvalue weighted by atomic mass is 35.5. The number of allylic oxidation sites excluding steroid dienone is 1. The quantitative estimate of drug-likeness (QED) is 0.197. The van der Waals surface area contributed by atoms with Gasteiger partial charge in [0.05, 0.1) is 34.6 Å². The molecule has 1 aromatic heterocycles. The first-order valence-corrected chi connectivity index (χ1v) is 15.3. The van der Waals surface area contributed by atoms with Crippen molar-refractivity contribution in [3.63, 3.8) is 0 Å². The van der Waals surface area contributed by atoms with Gasteiger partial charge in [-0.05, 0) is 81.3 Å². The SMILES string of the molecule is CCOC(=O)C1=C(C)N=c2s/c(=C\c3cccc(OCc4ccc(Cl)cc4Cl)c3)c(=O)n2[C@H]1c1ccc(OC(C)C)cc1. The lowest BCUT2D eigenvalue weighted by Crippen LogP contribution is -2.39. The van der Waals surface area contributed by atoms with Gasteiger partial charge in [-0.2, -0.15) is 0 Å². The number of halogens is 2. The highest BCUT2D eigenvalue weighted by molar-refractivity contribution is 7.07. The molecule has 10 heteroatoms. The van der Waals surface area contributed by atoms with Crippen LogP contribution in [0.25, 0.3) is 6.08 Å². The van der Waals surface area contributed by atoms with E-state index < -0.39 is 12.0 Å². The molecule has 3 aromatic carbocycles. The molecule has 0 spiro atoms. The number of nitrogens with zero attached hydrogens (tertiary/aromatic N) is 2. The number of benzene rings is 3. The number of carbonyl (C=O) groups is 1. The van der Waals surface area contributed by atoms with E-state index >= 15 is 0 Å². The molecule has 5 rings (SSSR count). The largest absolute Gasteiger partial charge is 0.491 e. The van der Waals surface area contributed by atoms with Crippen molar-refractivity contribution in [2.24, 2.45) is 4.99 Å². The average Bonchev–Trinajstić information content (AvgIpc) is 3.26. The van der Waals surface area contributed by atoms with Crippen LogP contribution in [0.15, 0.2) is 87.8 Å². The Labute approximate surface area is 263 Å². The van der Waals surface area contributed by atoms with Crippen LogP contribution in [-0.4, -0.2) is 23.2 Å². The van der Waals surface area contributed by atoms with Crippen molar-refractivity contribution < 1.29 is 19.0 Å². The van der Waals surface area contributed by atoms with Crippen molar-refractivity contribution in [3.8, 4) is 11.5 Å². The summed E-state index contributed by atoms with van der Waals surface area (Å²) in [5.41, 5.74) is 2.91. The zero-order chi connectivity index (χ0) is 30.7. The van der Waals surface area contributed by atoms with Crippen molar-refractivity contribution in [1.29, 1.82) is 0 Å². The predicted molar refractivity (Wildman–Crippen MR) is 170 cm³/mol. The number of ether oxygens (including phenoxy) is 3. The Hall–Kier alpha value is -3.85. The van der Waals surface area contributed by atoms with Gasteiger partial charge in [-0.1, -0.05) is 64.9 Å². The van der Waals surface area contributed by atoms with Gasteiger partial charge in [0.25, 0.3) is 5.56 Å². The van der Waals surface area contributed by atoms with Crippen LogP contribution in [0.5, 0.6) is 11.5 Å². The smallest absolute Gasteiger partial charge is 0.338 e. The van der Waals surface area contributed by atoms with Crippen LogP contribution in [0, 0.1) is 0 Å². The van der Waals surface area contributed by atoms with E-state index in [0.29, 0.717) is 42.1 Å². The molecule has 0 radical (unpaired) electrons. The zero-order valence-corrected chi connectivity index (χ0v) is 26.4. The first kappa shape index (κ1) is 30.6. The lowest BCUT2D eigenvalue weighted by molar-refractivity contribution is -0.139. The van der Waals surface area contributed by atoms with Crippen molar-refractivity contribution in [3.05, 3.63) is 124 Å². The summed E-state index contributed by atoms with van der Waals surface area (Å²) >= 11 is 13.6. The summed E-state index contributed by atoms with van der Waals surface area (Å²) in [6.07, 6.45) is 1.81. The molecule has 2 heterocycles. The van der Waals surface area contributed by atoms with E-state index in [1.807, 2.05) is 68.4 Å². The molecule has 0 fully saturated rings. The maximum absolute atomic E-state index is 13.9. The molecule has 0 aliphatic carbocycles. The maximum Gasteiger partial charge on any atom is 0.338 e. The molecule has 1 atom stereocenters. The van der Waals surface area contributed by atoms with Gasteiger partial charge in [-0.3, -0.25) is 9.36 Å². The third-order valence-corrected chi connectivity index (χ3v) is 8.22. The molecular weight excluding hydrogens is 607 g/mol. The highest BCUT2D eigenvalue weighted by Gasteiger charge is 2.33. The fourth-order valence-electron chi connectivity index (χ4n) is 4.75. The van der Waals surface area contributed by atoms with E-state index in [1.54, 1.807) is 36.6 Å². The number of hydrogen-bond donors (Lipinski definition) is 0. The molecule has 43 heavy (non-hydrogen) atoms. The molecule has 0 unspecified atom stereocenters. The van der Waals surface area contributed by atoms with Gasteiger partial charge >= 0.3 is 5.97 Å². The Morgan fingerprint density at radius 2 is 1.84 bits per heavy atom. The van der Waals surface area contributed by atoms with Gasteiger partial charge in [-0.25, -0.2) is 9.79 Å². The zero-order valence-electron chi connectivity index (χ0n) is 24.1. The molecule has 1 aliphatic heterocycles. The summed E-state index contributed by atoms with van der Waals surface area (Å²) in [5, 5.41) is 1.08. The normalized spacial score (nSPS) is 14.9. The summed E-state index contributed by atoms with van der Waals surface area (Å²) < 4.78 is 19.2. The summed E-state index contributed by atoms with van der Waals surface area (Å²) in [4.78, 5) is 32.2. The second-order valence-electron chi connectivity index (χ2n) is 10.1. The van der Waals surface area contributed by atoms with Gasteiger partial charge < -0.3 is 14.2 Å². The fraction of sp³-hybridized carbons (Fsp3) is 0.242. The topological polar surface area (TPSA) is 79.1 Å². The van der Waals surface area contributed by atoms with Crippen molar-refractivity contribution >= 4 is 46.6 Å². The monoisotopic (exact) mass is 636 g/mol. The van der Waals surface area contributed by atoms with Gasteiger partial charge in [-0.15, -0.1) is 0 Å². The summed E-state index contributed by atoms with van der Waals surface area (Å²) in [7, 11) is 0. The summed E-state index contributed by atoms with van der Waals surface area (Å²) in [5.74, 6) is 0.815. The molecule has 0 bridgehead atoms. The molecule has 222 valence electrons. The van der Waals surface area contributed by atoms with E-state index in [-0.39, 0.29) is 24.9 Å². The number of esters is 1.